The van der Waals surface area contributed by atoms with Gasteiger partial charge in [-0.05, 0) is 0 Å². The van der Waals surface area contributed by atoms with E-state index in [0.29, 0.717) is 0 Å². The summed E-state index contributed by atoms with van der Waals surface area (Å²) in [5.41, 5.74) is 0. The van der Waals surface area contributed by atoms with Gasteiger partial charge in [-0.1, -0.05) is 19.6 Å². The number of carboxylic acid groups (broad SMARTS) is 1. The molecule has 0 atom stereocenters. The standard InChI is InChI=1S/C3H3NO2.C3H10Si/c4-2-1-3(5)6;1-4(2)3/h1H2,(H,5,6);4H,1-3H3. The molecule has 3 nitrogen and oxygen atoms in total. The summed E-state index contributed by atoms with van der Waals surface area (Å²) in [5.74, 6) is -1.07. The first-order valence-corrected chi connectivity index (χ1v) is 6.55. The normalized spacial score (nSPS) is 7.50. The van der Waals surface area contributed by atoms with Gasteiger partial charge in [0.05, 0.1) is 6.07 Å². The van der Waals surface area contributed by atoms with Crippen LogP contribution in [0.1, 0.15) is 6.42 Å². The van der Waals surface area contributed by atoms with Gasteiger partial charge in [0, 0.05) is 8.80 Å². The molecule has 0 unspecified atom stereocenters. The fourth-order valence-corrected chi connectivity index (χ4v) is 0.0676. The van der Waals surface area contributed by atoms with E-state index in [1.807, 2.05) is 0 Å². The fourth-order valence-electron chi connectivity index (χ4n) is 0.0676. The molecule has 58 valence electrons. The first kappa shape index (κ1) is 11.9. The minimum atomic E-state index is -1.07. The Hall–Kier alpha value is -0.823. The molecule has 0 heterocycles. The van der Waals surface area contributed by atoms with Crippen molar-refractivity contribution in [1.29, 1.82) is 5.26 Å². The Labute approximate surface area is 62.9 Å². The van der Waals surface area contributed by atoms with Crippen LogP contribution in [0.2, 0.25) is 19.6 Å². The molecule has 0 rings (SSSR count). The largest absolute Gasteiger partial charge is 0.480 e. The van der Waals surface area contributed by atoms with Crippen LogP contribution in [0.3, 0.4) is 0 Å². The van der Waals surface area contributed by atoms with Crippen molar-refractivity contribution < 1.29 is 9.90 Å². The summed E-state index contributed by atoms with van der Waals surface area (Å²) < 4.78 is 0. The zero-order valence-corrected chi connectivity index (χ0v) is 7.74. The van der Waals surface area contributed by atoms with Crippen LogP contribution in [0.5, 0.6) is 0 Å². The monoisotopic (exact) mass is 159 g/mol. The fraction of sp³-hybridized carbons (Fsp3) is 0.667. The van der Waals surface area contributed by atoms with E-state index in [0.717, 1.165) is 0 Å². The maximum atomic E-state index is 9.38. The minimum Gasteiger partial charge on any atom is -0.480 e. The molecular formula is C6H13NO2Si. The van der Waals surface area contributed by atoms with Crippen LogP contribution in [-0.4, -0.2) is 19.9 Å². The highest BCUT2D eigenvalue weighted by Crippen LogP contribution is 1.68. The SMILES string of the molecule is C[SiH](C)C.N#CCC(=O)O. The average Bonchev–Trinajstić information content (AvgIpc) is 1.62. The zero-order chi connectivity index (χ0) is 8.57. The number of aliphatic carboxylic acids is 1. The first-order chi connectivity index (χ1) is 4.50. The van der Waals surface area contributed by atoms with Gasteiger partial charge in [0.15, 0.2) is 0 Å². The van der Waals surface area contributed by atoms with E-state index in [1.54, 1.807) is 0 Å². The lowest BCUT2D eigenvalue weighted by Gasteiger charge is -1.75. The molecule has 0 aromatic heterocycles. The quantitative estimate of drug-likeness (QED) is 0.582. The number of hydrogen-bond donors (Lipinski definition) is 1. The van der Waals surface area contributed by atoms with Crippen LogP contribution >= 0.6 is 0 Å². The molecule has 0 amide bonds. The van der Waals surface area contributed by atoms with Crippen molar-refractivity contribution >= 4 is 14.8 Å². The van der Waals surface area contributed by atoms with Crippen LogP contribution in [0.4, 0.5) is 0 Å². The number of nitriles is 1. The molecule has 0 saturated carbocycles. The predicted octanol–water partition coefficient (Wildman–Crippen LogP) is 1.09. The summed E-state index contributed by atoms with van der Waals surface area (Å²) in [7, 11) is -0.139. The van der Waals surface area contributed by atoms with Gasteiger partial charge in [0.25, 0.3) is 0 Å². The predicted molar refractivity (Wildman–Crippen MR) is 42.6 cm³/mol. The summed E-state index contributed by atoms with van der Waals surface area (Å²) in [6.07, 6.45) is -0.403. The van der Waals surface area contributed by atoms with Crippen LogP contribution in [0.25, 0.3) is 0 Å². The van der Waals surface area contributed by atoms with Gasteiger partial charge < -0.3 is 5.11 Å². The van der Waals surface area contributed by atoms with Crippen molar-refractivity contribution in [3.05, 3.63) is 0 Å². The molecule has 0 aliphatic rings. The molecule has 0 bridgehead atoms. The van der Waals surface area contributed by atoms with Gasteiger partial charge in [-0.2, -0.15) is 5.26 Å². The van der Waals surface area contributed by atoms with Crippen LogP contribution in [0, 0.1) is 11.3 Å². The lowest BCUT2D eigenvalue weighted by molar-refractivity contribution is -0.135. The molecule has 4 heteroatoms. The van der Waals surface area contributed by atoms with Crippen molar-refractivity contribution in [2.75, 3.05) is 0 Å². The van der Waals surface area contributed by atoms with E-state index >= 15 is 0 Å². The Morgan fingerprint density at radius 2 is 1.90 bits per heavy atom. The highest BCUT2D eigenvalue weighted by atomic mass is 28.3. The van der Waals surface area contributed by atoms with E-state index < -0.39 is 12.4 Å². The Bertz CT molecular complexity index is 125. The molecule has 0 aromatic carbocycles. The summed E-state index contributed by atoms with van der Waals surface area (Å²) in [4.78, 5) is 9.38. The maximum absolute atomic E-state index is 9.38. The van der Waals surface area contributed by atoms with Crippen LogP contribution in [0.15, 0.2) is 0 Å². The molecule has 1 N–H and O–H groups in total. The highest BCUT2D eigenvalue weighted by Gasteiger charge is 1.87. The van der Waals surface area contributed by atoms with E-state index in [-0.39, 0.29) is 8.80 Å². The Morgan fingerprint density at radius 1 is 1.60 bits per heavy atom. The summed E-state index contributed by atoms with van der Waals surface area (Å²) in [5, 5.41) is 15.3. The molecule has 0 radical (unpaired) electrons. The second-order valence-electron chi connectivity index (χ2n) is 2.46. The highest BCUT2D eigenvalue weighted by molar-refractivity contribution is 6.54. The summed E-state index contributed by atoms with van der Waals surface area (Å²) >= 11 is 0. The lowest BCUT2D eigenvalue weighted by atomic mass is 10.5. The van der Waals surface area contributed by atoms with E-state index in [9.17, 15) is 4.79 Å². The van der Waals surface area contributed by atoms with Gasteiger partial charge in [0.1, 0.15) is 6.42 Å². The van der Waals surface area contributed by atoms with Gasteiger partial charge >= 0.3 is 5.97 Å². The molecule has 0 spiro atoms. The Morgan fingerprint density at radius 3 is 1.90 bits per heavy atom. The van der Waals surface area contributed by atoms with Crippen molar-refractivity contribution in [2.45, 2.75) is 26.1 Å². The second kappa shape index (κ2) is 8.18. The number of carboxylic acids is 1. The third-order valence-corrected chi connectivity index (χ3v) is 0.230. The van der Waals surface area contributed by atoms with Gasteiger partial charge in [-0.3, -0.25) is 4.79 Å². The van der Waals surface area contributed by atoms with Crippen LogP contribution in [-0.2, 0) is 4.79 Å². The summed E-state index contributed by atoms with van der Waals surface area (Å²) in [6.45, 7) is 6.92. The average molecular weight is 159 g/mol. The van der Waals surface area contributed by atoms with E-state index in [2.05, 4.69) is 19.6 Å². The maximum Gasteiger partial charge on any atom is 0.317 e. The van der Waals surface area contributed by atoms with Gasteiger partial charge in [-0.15, -0.1) is 0 Å². The molecule has 0 saturated heterocycles. The van der Waals surface area contributed by atoms with Gasteiger partial charge in [-0.25, -0.2) is 0 Å². The smallest absolute Gasteiger partial charge is 0.317 e. The molecule has 10 heavy (non-hydrogen) atoms. The third-order valence-electron chi connectivity index (χ3n) is 0.230. The first-order valence-electron chi connectivity index (χ1n) is 3.09. The zero-order valence-electron chi connectivity index (χ0n) is 6.59. The molecule has 0 aliphatic heterocycles. The number of rotatable bonds is 1. The number of hydrogen-bond acceptors (Lipinski definition) is 2. The van der Waals surface area contributed by atoms with Crippen molar-refractivity contribution in [1.82, 2.24) is 0 Å². The second-order valence-corrected chi connectivity index (χ2v) is 5.92. The van der Waals surface area contributed by atoms with Crippen molar-refractivity contribution in [3.8, 4) is 6.07 Å². The Kier molecular flexibility index (Phi) is 9.74. The molecule has 0 aromatic rings. The molecule has 0 fully saturated rings. The number of carbonyl (C=O) groups is 1. The van der Waals surface area contributed by atoms with Crippen molar-refractivity contribution in [3.63, 3.8) is 0 Å². The van der Waals surface area contributed by atoms with Crippen molar-refractivity contribution in [2.24, 2.45) is 0 Å². The lowest BCUT2D eigenvalue weighted by Crippen LogP contribution is -1.88. The Balaban J connectivity index is 0. The molecule has 0 aliphatic carbocycles. The molecular weight excluding hydrogens is 146 g/mol. The van der Waals surface area contributed by atoms with E-state index in [1.165, 1.54) is 6.07 Å². The topological polar surface area (TPSA) is 61.1 Å². The minimum absolute atomic E-state index is 0.139. The summed E-state index contributed by atoms with van der Waals surface area (Å²) in [6, 6.07) is 1.47. The number of nitrogens with zero attached hydrogens (tertiary/aromatic N) is 1. The van der Waals surface area contributed by atoms with Crippen LogP contribution < -0.4 is 0 Å². The van der Waals surface area contributed by atoms with E-state index in [4.69, 9.17) is 10.4 Å². The third kappa shape index (κ3) is 57.8. The van der Waals surface area contributed by atoms with Gasteiger partial charge in [0.2, 0.25) is 0 Å².